The zero-order chi connectivity index (χ0) is 11.6. The molecule has 0 N–H and O–H groups in total. The maximum Gasteiger partial charge on any atom is 0.168 e. The third-order valence-electron chi connectivity index (χ3n) is 3.28. The molecule has 1 heterocycles. The van der Waals surface area contributed by atoms with E-state index in [4.69, 9.17) is 0 Å². The smallest absolute Gasteiger partial charge is 0.168 e. The topological polar surface area (TPSA) is 9.72 Å². The van der Waals surface area contributed by atoms with Crippen molar-refractivity contribution in [1.29, 1.82) is 0 Å². The van der Waals surface area contributed by atoms with Crippen molar-refractivity contribution in [2.75, 3.05) is 6.67 Å². The predicted molar refractivity (Wildman–Crippen MR) is 72.9 cm³/mol. The first-order valence-electron chi connectivity index (χ1n) is 6.14. The van der Waals surface area contributed by atoms with Crippen LogP contribution in [0.5, 0.6) is 0 Å². The van der Waals surface area contributed by atoms with Crippen LogP contribution in [0, 0.1) is 0 Å². The van der Waals surface area contributed by atoms with Gasteiger partial charge in [-0.25, -0.2) is 0 Å². The summed E-state index contributed by atoms with van der Waals surface area (Å²) in [4.78, 5) is 0. The van der Waals surface area contributed by atoms with Gasteiger partial charge in [0.05, 0.1) is 0 Å². The third kappa shape index (κ3) is 3.67. The van der Waals surface area contributed by atoms with Gasteiger partial charge in [0.1, 0.15) is 0 Å². The van der Waals surface area contributed by atoms with Gasteiger partial charge in [-0.2, -0.15) is 0 Å². The average Bonchev–Trinajstić information content (AvgIpc) is 2.16. The van der Waals surface area contributed by atoms with E-state index in [1.807, 2.05) is 0 Å². The van der Waals surface area contributed by atoms with Crippen LogP contribution in [0.25, 0.3) is 0 Å². The molecule has 0 saturated carbocycles. The Morgan fingerprint density at radius 1 is 0.733 bits per heavy atom. The minimum atomic E-state index is -0.136. The minimum absolute atomic E-state index is 0.136. The molecule has 0 atom stereocenters. The van der Waals surface area contributed by atoms with Crippen molar-refractivity contribution in [2.24, 2.45) is 0 Å². The van der Waals surface area contributed by atoms with Gasteiger partial charge in [0.2, 0.25) is 0 Å². The van der Waals surface area contributed by atoms with Gasteiger partial charge in [-0.1, -0.05) is 41.5 Å². The molecule has 1 aliphatic rings. The van der Waals surface area contributed by atoms with Crippen molar-refractivity contribution in [1.82, 2.24) is 13.4 Å². The molecular formula is C10H27N3Si2. The first kappa shape index (κ1) is 13.4. The van der Waals surface area contributed by atoms with Crippen LogP contribution in [-0.4, -0.2) is 57.8 Å². The fraction of sp³-hybridized carbons (Fsp3) is 1.00. The normalized spacial score (nSPS) is 25.4. The number of rotatable bonds is 3. The van der Waals surface area contributed by atoms with Gasteiger partial charge in [0.25, 0.3) is 0 Å². The van der Waals surface area contributed by atoms with E-state index < -0.39 is 0 Å². The standard InChI is InChI=1S/C10H27N3Si2/c1-8(2)11-7-12(9(3)4)15-13(14-11)10(5)6/h8-10H,7,14-15H2,1-6H3. The largest absolute Gasteiger partial charge is 0.329 e. The van der Waals surface area contributed by atoms with Crippen molar-refractivity contribution in [2.45, 2.75) is 59.7 Å². The van der Waals surface area contributed by atoms with E-state index in [9.17, 15) is 0 Å². The number of nitrogens with zero attached hydrogens (tertiary/aromatic N) is 3. The maximum absolute atomic E-state index is 2.81. The molecule has 5 heteroatoms. The van der Waals surface area contributed by atoms with Gasteiger partial charge in [0, 0.05) is 6.67 Å². The SMILES string of the molecule is CC(C)N1CN(C(C)C)[SiH2]N(C(C)C)[SiH2]1. The molecule has 0 spiro atoms. The summed E-state index contributed by atoms with van der Waals surface area (Å²) in [6.07, 6.45) is 0. The molecule has 15 heavy (non-hydrogen) atoms. The van der Waals surface area contributed by atoms with Crippen LogP contribution in [0.1, 0.15) is 41.5 Å². The monoisotopic (exact) mass is 245 g/mol. The Balaban J connectivity index is 2.64. The van der Waals surface area contributed by atoms with Crippen LogP contribution in [0.4, 0.5) is 0 Å². The Hall–Kier alpha value is 0.314. The Bertz CT molecular complexity index is 158. The fourth-order valence-electron chi connectivity index (χ4n) is 1.81. The van der Waals surface area contributed by atoms with Crippen LogP contribution < -0.4 is 0 Å². The van der Waals surface area contributed by atoms with E-state index in [-0.39, 0.29) is 19.7 Å². The molecule has 0 aliphatic carbocycles. The lowest BCUT2D eigenvalue weighted by Gasteiger charge is -2.47. The molecule has 1 saturated heterocycles. The highest BCUT2D eigenvalue weighted by molar-refractivity contribution is 6.48. The summed E-state index contributed by atoms with van der Waals surface area (Å²) < 4.78 is 8.22. The summed E-state index contributed by atoms with van der Waals surface area (Å²) in [6.45, 7) is 15.3. The molecule has 90 valence electrons. The van der Waals surface area contributed by atoms with Gasteiger partial charge in [0.15, 0.2) is 19.7 Å². The van der Waals surface area contributed by atoms with Crippen LogP contribution >= 0.6 is 0 Å². The second kappa shape index (κ2) is 5.59. The predicted octanol–water partition coefficient (Wildman–Crippen LogP) is 0.0863. The van der Waals surface area contributed by atoms with Gasteiger partial charge in [-0.3, -0.25) is 0 Å². The average molecular weight is 246 g/mol. The molecule has 1 fully saturated rings. The van der Waals surface area contributed by atoms with Crippen LogP contribution in [0.15, 0.2) is 0 Å². The highest BCUT2D eigenvalue weighted by atomic mass is 28.3. The molecule has 0 amide bonds. The summed E-state index contributed by atoms with van der Waals surface area (Å²) in [5.41, 5.74) is 0. The number of hydrogen-bond acceptors (Lipinski definition) is 3. The van der Waals surface area contributed by atoms with Crippen molar-refractivity contribution in [3.63, 3.8) is 0 Å². The lowest BCUT2D eigenvalue weighted by Crippen LogP contribution is -2.63. The minimum Gasteiger partial charge on any atom is -0.329 e. The van der Waals surface area contributed by atoms with Gasteiger partial charge < -0.3 is 13.4 Å². The van der Waals surface area contributed by atoms with E-state index in [0.717, 1.165) is 6.04 Å². The molecular weight excluding hydrogens is 218 g/mol. The summed E-state index contributed by atoms with van der Waals surface area (Å²) in [6, 6.07) is 2.19. The Morgan fingerprint density at radius 2 is 1.13 bits per heavy atom. The lowest BCUT2D eigenvalue weighted by molar-refractivity contribution is 0.191. The van der Waals surface area contributed by atoms with E-state index in [0.29, 0.717) is 12.1 Å². The van der Waals surface area contributed by atoms with E-state index in [2.05, 4.69) is 54.9 Å². The Labute approximate surface area is 99.8 Å². The quantitative estimate of drug-likeness (QED) is 0.653. The molecule has 0 radical (unpaired) electrons. The highest BCUT2D eigenvalue weighted by Crippen LogP contribution is 2.12. The highest BCUT2D eigenvalue weighted by Gasteiger charge is 2.28. The van der Waals surface area contributed by atoms with Gasteiger partial charge in [-0.05, 0) is 18.1 Å². The summed E-state index contributed by atoms with van der Waals surface area (Å²) >= 11 is 0. The molecule has 0 bridgehead atoms. The first-order valence-corrected chi connectivity index (χ1v) is 8.67. The Morgan fingerprint density at radius 3 is 1.40 bits per heavy atom. The van der Waals surface area contributed by atoms with Crippen LogP contribution in [-0.2, 0) is 0 Å². The molecule has 3 nitrogen and oxygen atoms in total. The number of hydrogen-bond donors (Lipinski definition) is 0. The van der Waals surface area contributed by atoms with Gasteiger partial charge in [-0.15, -0.1) is 0 Å². The fourth-order valence-corrected chi connectivity index (χ4v) is 6.93. The van der Waals surface area contributed by atoms with Crippen molar-refractivity contribution in [3.8, 4) is 0 Å². The molecule has 0 aromatic rings. The second-order valence-electron chi connectivity index (χ2n) is 5.47. The van der Waals surface area contributed by atoms with E-state index in [1.54, 1.807) is 0 Å². The molecule has 1 aliphatic heterocycles. The summed E-state index contributed by atoms with van der Waals surface area (Å²) in [5.74, 6) is 0. The summed E-state index contributed by atoms with van der Waals surface area (Å²) in [5, 5.41) is 0. The van der Waals surface area contributed by atoms with Crippen molar-refractivity contribution < 1.29 is 0 Å². The second-order valence-corrected chi connectivity index (χ2v) is 10.2. The van der Waals surface area contributed by atoms with Crippen molar-refractivity contribution in [3.05, 3.63) is 0 Å². The lowest BCUT2D eigenvalue weighted by atomic mass is 10.4. The third-order valence-corrected chi connectivity index (χ3v) is 9.26. The molecule has 0 unspecified atom stereocenters. The van der Waals surface area contributed by atoms with Gasteiger partial charge >= 0.3 is 0 Å². The van der Waals surface area contributed by atoms with E-state index >= 15 is 0 Å². The van der Waals surface area contributed by atoms with Crippen LogP contribution in [0.3, 0.4) is 0 Å². The summed E-state index contributed by atoms with van der Waals surface area (Å²) in [7, 11) is -0.271. The molecule has 0 aromatic heterocycles. The zero-order valence-corrected chi connectivity index (χ0v) is 14.0. The first-order chi connectivity index (χ1) is 6.91. The zero-order valence-electron chi connectivity index (χ0n) is 11.2. The maximum atomic E-state index is 2.81. The molecule has 0 aromatic carbocycles. The van der Waals surface area contributed by atoms with Crippen LogP contribution in [0.2, 0.25) is 0 Å². The van der Waals surface area contributed by atoms with E-state index in [1.165, 1.54) is 6.67 Å². The Kier molecular flexibility index (Phi) is 4.98. The molecule has 1 rings (SSSR count). The van der Waals surface area contributed by atoms with Crippen molar-refractivity contribution >= 4 is 19.7 Å².